The predicted molar refractivity (Wildman–Crippen MR) is 93.3 cm³/mol. The van der Waals surface area contributed by atoms with Crippen LogP contribution in [0.1, 0.15) is 22.3 Å². The molecule has 0 heterocycles. The fourth-order valence-corrected chi connectivity index (χ4v) is 3.60. The second kappa shape index (κ2) is 3.79. The highest BCUT2D eigenvalue weighted by Gasteiger charge is 2.28. The molecule has 4 rings (SSSR count). The molecule has 0 saturated heterocycles. The van der Waals surface area contributed by atoms with Crippen molar-refractivity contribution in [2.24, 2.45) is 11.5 Å². The van der Waals surface area contributed by atoms with Gasteiger partial charge in [-0.15, -0.1) is 0 Å². The lowest BCUT2D eigenvalue weighted by molar-refractivity contribution is 1.10. The molecule has 0 unspecified atom stereocenters. The molecule has 0 aliphatic heterocycles. The Labute approximate surface area is 127 Å². The van der Waals surface area contributed by atoms with Crippen molar-refractivity contribution < 1.29 is 0 Å². The first-order valence-electron chi connectivity index (χ1n) is 7.05. The largest absolute Gasteiger partial charge is 0.402 e. The molecule has 2 aliphatic rings. The van der Waals surface area contributed by atoms with Crippen LogP contribution in [0.4, 0.5) is 22.7 Å². The molecule has 0 fully saturated rings. The van der Waals surface area contributed by atoms with Crippen LogP contribution in [0.15, 0.2) is 11.4 Å². The van der Waals surface area contributed by atoms with E-state index in [0.29, 0.717) is 47.0 Å². The van der Waals surface area contributed by atoms with E-state index in [1.165, 1.54) is 0 Å². The molecule has 0 aromatic heterocycles. The summed E-state index contributed by atoms with van der Waals surface area (Å²) in [5.41, 5.74) is 44.1. The van der Waals surface area contributed by atoms with Crippen LogP contribution >= 0.6 is 0 Å². The van der Waals surface area contributed by atoms with Crippen molar-refractivity contribution in [3.05, 3.63) is 33.6 Å². The molecule has 0 radical (unpaired) electrons. The first-order valence-corrected chi connectivity index (χ1v) is 7.05. The molecule has 112 valence electrons. The molecular formula is C16H18N6. The fraction of sp³-hybridized carbons (Fsp3) is 0.125. The van der Waals surface area contributed by atoms with Crippen molar-refractivity contribution in [1.82, 2.24) is 0 Å². The van der Waals surface area contributed by atoms with Crippen molar-refractivity contribution in [2.75, 3.05) is 22.9 Å². The van der Waals surface area contributed by atoms with E-state index in [9.17, 15) is 0 Å². The molecule has 6 heteroatoms. The Bertz CT molecular complexity index is 860. The maximum Gasteiger partial charge on any atom is 0.0634 e. The van der Waals surface area contributed by atoms with Gasteiger partial charge in [-0.2, -0.15) is 0 Å². The zero-order valence-electron chi connectivity index (χ0n) is 12.0. The van der Waals surface area contributed by atoms with Crippen LogP contribution in [-0.4, -0.2) is 0 Å². The standard InChI is InChI=1S/C16H18N6/c17-5-1-7-11-8(2-5)15(21)16(22)10-4-6(18)3-9(12(10)11)14(20)13(7)19/h1,3H,2,4,17-22H2. The summed E-state index contributed by atoms with van der Waals surface area (Å²) >= 11 is 0. The Morgan fingerprint density at radius 2 is 0.909 bits per heavy atom. The molecule has 0 saturated carbocycles. The lowest BCUT2D eigenvalue weighted by atomic mass is 9.80. The van der Waals surface area contributed by atoms with E-state index < -0.39 is 0 Å². The van der Waals surface area contributed by atoms with E-state index in [4.69, 9.17) is 34.4 Å². The minimum Gasteiger partial charge on any atom is -0.402 e. The average molecular weight is 294 g/mol. The van der Waals surface area contributed by atoms with Gasteiger partial charge in [0, 0.05) is 35.4 Å². The lowest BCUT2D eigenvalue weighted by Crippen LogP contribution is -2.18. The summed E-state index contributed by atoms with van der Waals surface area (Å²) in [5.74, 6) is 0. The Morgan fingerprint density at radius 1 is 0.545 bits per heavy atom. The molecule has 12 N–H and O–H groups in total. The van der Waals surface area contributed by atoms with Crippen molar-refractivity contribution in [3.8, 4) is 0 Å². The van der Waals surface area contributed by atoms with Gasteiger partial charge in [-0.25, -0.2) is 0 Å². The Kier molecular flexibility index (Phi) is 2.19. The maximum absolute atomic E-state index is 6.27. The minimum atomic E-state index is 0.507. The van der Waals surface area contributed by atoms with Crippen LogP contribution in [0.3, 0.4) is 0 Å². The van der Waals surface area contributed by atoms with Gasteiger partial charge in [0.15, 0.2) is 0 Å². The summed E-state index contributed by atoms with van der Waals surface area (Å²) in [6.45, 7) is 0. The highest BCUT2D eigenvalue weighted by molar-refractivity contribution is 6.15. The van der Waals surface area contributed by atoms with Gasteiger partial charge in [0.1, 0.15) is 0 Å². The summed E-state index contributed by atoms with van der Waals surface area (Å²) in [7, 11) is 0. The highest BCUT2D eigenvalue weighted by atomic mass is 14.7. The van der Waals surface area contributed by atoms with E-state index in [0.717, 1.165) is 33.0 Å². The van der Waals surface area contributed by atoms with Gasteiger partial charge in [-0.05, 0) is 34.1 Å². The van der Waals surface area contributed by atoms with Gasteiger partial charge in [-0.3, -0.25) is 0 Å². The van der Waals surface area contributed by atoms with Crippen LogP contribution in [0.25, 0.3) is 22.9 Å². The smallest absolute Gasteiger partial charge is 0.0634 e. The first kappa shape index (κ1) is 12.7. The number of hydrogen-bond donors (Lipinski definition) is 6. The van der Waals surface area contributed by atoms with Crippen LogP contribution in [0.5, 0.6) is 0 Å². The topological polar surface area (TPSA) is 156 Å². The third kappa shape index (κ3) is 1.34. The number of anilines is 4. The number of hydrogen-bond acceptors (Lipinski definition) is 6. The third-order valence-corrected chi connectivity index (χ3v) is 4.62. The molecule has 0 bridgehead atoms. The second-order valence-electron chi connectivity index (χ2n) is 5.98. The van der Waals surface area contributed by atoms with Gasteiger partial charge in [0.05, 0.1) is 22.7 Å². The van der Waals surface area contributed by atoms with E-state index in [2.05, 4.69) is 0 Å². The van der Waals surface area contributed by atoms with Crippen molar-refractivity contribution in [3.63, 3.8) is 0 Å². The molecule has 22 heavy (non-hydrogen) atoms. The fourth-order valence-electron chi connectivity index (χ4n) is 3.60. The quantitative estimate of drug-likeness (QED) is 0.396. The van der Waals surface area contributed by atoms with Crippen molar-refractivity contribution >= 4 is 45.7 Å². The number of rotatable bonds is 0. The maximum atomic E-state index is 6.27. The molecular weight excluding hydrogens is 276 g/mol. The molecule has 0 atom stereocenters. The van der Waals surface area contributed by atoms with E-state index in [1.807, 2.05) is 12.2 Å². The number of nitrogens with two attached hydrogens (primary N) is 6. The van der Waals surface area contributed by atoms with Gasteiger partial charge >= 0.3 is 0 Å². The van der Waals surface area contributed by atoms with E-state index >= 15 is 0 Å². The monoisotopic (exact) mass is 294 g/mol. The molecule has 2 aromatic carbocycles. The van der Waals surface area contributed by atoms with Crippen LogP contribution < -0.4 is 34.4 Å². The SMILES string of the molecule is NC1=Cc2c(N)c(N)c3c4c(c(N)c(N)c(c24)C1)CC(N)=C3. The van der Waals surface area contributed by atoms with Crippen LogP contribution in [0, 0.1) is 0 Å². The second-order valence-corrected chi connectivity index (χ2v) is 5.98. The number of nitrogen functional groups attached to an aromatic ring is 4. The Morgan fingerprint density at radius 3 is 1.27 bits per heavy atom. The average Bonchev–Trinajstić information content (AvgIpc) is 2.48. The highest BCUT2D eigenvalue weighted by Crippen LogP contribution is 2.48. The molecule has 6 nitrogen and oxygen atoms in total. The van der Waals surface area contributed by atoms with E-state index in [-0.39, 0.29) is 0 Å². The van der Waals surface area contributed by atoms with Crippen LogP contribution in [-0.2, 0) is 12.8 Å². The Hall–Kier alpha value is -3.02. The third-order valence-electron chi connectivity index (χ3n) is 4.62. The zero-order valence-corrected chi connectivity index (χ0v) is 12.0. The Balaban J connectivity index is 2.34. The summed E-state index contributed by atoms with van der Waals surface area (Å²) in [6.07, 6.45) is 4.86. The molecule has 0 amide bonds. The van der Waals surface area contributed by atoms with Crippen LogP contribution in [0.2, 0.25) is 0 Å². The van der Waals surface area contributed by atoms with Crippen molar-refractivity contribution in [1.29, 1.82) is 0 Å². The summed E-state index contributed by atoms with van der Waals surface area (Å²) in [6, 6.07) is 0. The predicted octanol–water partition coefficient (Wildman–Crippen LogP) is 0.880. The molecule has 0 spiro atoms. The number of benzene rings is 2. The number of allylic oxidation sites excluding steroid dienone is 2. The normalized spacial score (nSPS) is 15.6. The first-order chi connectivity index (χ1) is 10.4. The van der Waals surface area contributed by atoms with Gasteiger partial charge in [-0.1, -0.05) is 0 Å². The lowest BCUT2D eigenvalue weighted by Gasteiger charge is -2.28. The van der Waals surface area contributed by atoms with Crippen molar-refractivity contribution in [2.45, 2.75) is 12.8 Å². The summed E-state index contributed by atoms with van der Waals surface area (Å²) in [4.78, 5) is 0. The van der Waals surface area contributed by atoms with E-state index in [1.54, 1.807) is 0 Å². The van der Waals surface area contributed by atoms with Gasteiger partial charge in [0.2, 0.25) is 0 Å². The van der Waals surface area contributed by atoms with Gasteiger partial charge in [0.25, 0.3) is 0 Å². The zero-order chi connectivity index (χ0) is 15.8. The summed E-state index contributed by atoms with van der Waals surface area (Å²) in [5, 5.41) is 2.00. The molecule has 2 aliphatic carbocycles. The summed E-state index contributed by atoms with van der Waals surface area (Å²) < 4.78 is 0. The minimum absolute atomic E-state index is 0.507. The molecule has 2 aromatic rings. The van der Waals surface area contributed by atoms with Gasteiger partial charge < -0.3 is 34.4 Å².